The molecule has 0 aliphatic rings. The van der Waals surface area contributed by atoms with Gasteiger partial charge in [0, 0.05) is 0 Å². The van der Waals surface area contributed by atoms with Crippen LogP contribution in [0.2, 0.25) is 0 Å². The Labute approximate surface area is 225 Å². The van der Waals surface area contributed by atoms with E-state index in [4.69, 9.17) is 0 Å². The van der Waals surface area contributed by atoms with Gasteiger partial charge in [0.15, 0.2) is 0 Å². The summed E-state index contributed by atoms with van der Waals surface area (Å²) in [4.78, 5) is 0. The van der Waals surface area contributed by atoms with E-state index in [1.165, 1.54) is 186 Å². The molecule has 212 valence electrons. The molecule has 0 heterocycles. The molecular weight excluding hydrogens is 420 g/mol. The SMILES string of the molecule is CCCCCCCCC(CCCCCCCC)CCCCCCCCCCCCCCCC(C)C. The zero-order valence-corrected chi connectivity index (χ0v) is 25.7. The van der Waals surface area contributed by atoms with Crippen molar-refractivity contribution < 1.29 is 0 Å². The normalized spacial score (nSPS) is 11.8. The van der Waals surface area contributed by atoms with Crippen LogP contribution in [0.25, 0.3) is 0 Å². The highest BCUT2D eigenvalue weighted by atomic mass is 14.1. The number of rotatable bonds is 30. The predicted octanol–water partition coefficient (Wildman–Crippen LogP) is 13.6. The van der Waals surface area contributed by atoms with Crippen molar-refractivity contribution in [1.29, 1.82) is 0 Å². The van der Waals surface area contributed by atoms with Gasteiger partial charge in [0.25, 0.3) is 0 Å². The first kappa shape index (κ1) is 35.0. The second-order valence-corrected chi connectivity index (χ2v) is 12.5. The first-order valence-electron chi connectivity index (χ1n) is 17.2. The monoisotopic (exact) mass is 493 g/mol. The molecule has 0 bridgehead atoms. The van der Waals surface area contributed by atoms with Crippen molar-refractivity contribution in [3.05, 3.63) is 0 Å². The summed E-state index contributed by atoms with van der Waals surface area (Å²) in [5.41, 5.74) is 0. The van der Waals surface area contributed by atoms with E-state index in [0.717, 1.165) is 11.8 Å². The molecule has 0 rings (SSSR count). The van der Waals surface area contributed by atoms with E-state index in [0.29, 0.717) is 0 Å². The Morgan fingerprint density at radius 2 is 0.514 bits per heavy atom. The topological polar surface area (TPSA) is 0 Å². The minimum Gasteiger partial charge on any atom is -0.0654 e. The van der Waals surface area contributed by atoms with Gasteiger partial charge in [0.2, 0.25) is 0 Å². The predicted molar refractivity (Wildman–Crippen MR) is 164 cm³/mol. The second-order valence-electron chi connectivity index (χ2n) is 12.5. The molecule has 0 aliphatic heterocycles. The highest BCUT2D eigenvalue weighted by Crippen LogP contribution is 2.25. The summed E-state index contributed by atoms with van der Waals surface area (Å²) in [5.74, 6) is 1.93. The molecule has 0 amide bonds. The maximum atomic E-state index is 2.35. The van der Waals surface area contributed by atoms with Crippen LogP contribution in [0.1, 0.15) is 214 Å². The molecular formula is C35H72. The summed E-state index contributed by atoms with van der Waals surface area (Å²) in [7, 11) is 0. The molecule has 0 aromatic rings. The average Bonchev–Trinajstić information content (AvgIpc) is 2.85. The molecule has 0 N–H and O–H groups in total. The summed E-state index contributed by atoms with van der Waals surface area (Å²) in [5, 5.41) is 0. The molecule has 0 heteroatoms. The quantitative estimate of drug-likeness (QED) is 0.0874. The average molecular weight is 493 g/mol. The highest BCUT2D eigenvalue weighted by molar-refractivity contribution is 4.62. The van der Waals surface area contributed by atoms with Gasteiger partial charge in [-0.15, -0.1) is 0 Å². The fourth-order valence-corrected chi connectivity index (χ4v) is 5.79. The first-order valence-corrected chi connectivity index (χ1v) is 17.2. The van der Waals surface area contributed by atoms with E-state index in [2.05, 4.69) is 27.7 Å². The Balaban J connectivity index is 3.64. The number of hydrogen-bond donors (Lipinski definition) is 0. The van der Waals surface area contributed by atoms with E-state index < -0.39 is 0 Å². The van der Waals surface area contributed by atoms with Crippen LogP contribution < -0.4 is 0 Å². The Morgan fingerprint density at radius 1 is 0.286 bits per heavy atom. The van der Waals surface area contributed by atoms with Crippen LogP contribution in [0.5, 0.6) is 0 Å². The van der Waals surface area contributed by atoms with Crippen molar-refractivity contribution in [2.45, 2.75) is 214 Å². The molecule has 0 fully saturated rings. The lowest BCUT2D eigenvalue weighted by Crippen LogP contribution is -2.01. The van der Waals surface area contributed by atoms with Crippen molar-refractivity contribution in [1.82, 2.24) is 0 Å². The fraction of sp³-hybridized carbons (Fsp3) is 1.00. The lowest BCUT2D eigenvalue weighted by molar-refractivity contribution is 0.365. The van der Waals surface area contributed by atoms with Crippen LogP contribution in [0, 0.1) is 11.8 Å². The van der Waals surface area contributed by atoms with Gasteiger partial charge in [0.1, 0.15) is 0 Å². The summed E-state index contributed by atoms with van der Waals surface area (Å²) < 4.78 is 0. The van der Waals surface area contributed by atoms with Crippen molar-refractivity contribution in [3.63, 3.8) is 0 Å². The Morgan fingerprint density at radius 3 is 0.771 bits per heavy atom. The van der Waals surface area contributed by atoms with Gasteiger partial charge in [-0.25, -0.2) is 0 Å². The molecule has 0 unspecified atom stereocenters. The molecule has 0 nitrogen and oxygen atoms in total. The molecule has 0 saturated heterocycles. The van der Waals surface area contributed by atoms with E-state index >= 15 is 0 Å². The van der Waals surface area contributed by atoms with Crippen molar-refractivity contribution >= 4 is 0 Å². The zero-order valence-electron chi connectivity index (χ0n) is 25.7. The first-order chi connectivity index (χ1) is 17.2. The van der Waals surface area contributed by atoms with Gasteiger partial charge < -0.3 is 0 Å². The summed E-state index contributed by atoms with van der Waals surface area (Å²) in [6, 6.07) is 0. The standard InChI is InChI=1S/C35H72/c1-5-7-9-11-23-27-31-35(32-28-24-12-10-8-6-2)33-29-25-21-19-17-15-13-14-16-18-20-22-26-30-34(3)4/h34-35H,5-33H2,1-4H3. The minimum atomic E-state index is 0.895. The van der Waals surface area contributed by atoms with Gasteiger partial charge in [-0.05, 0) is 11.8 Å². The molecule has 0 aromatic carbocycles. The van der Waals surface area contributed by atoms with Gasteiger partial charge in [-0.1, -0.05) is 214 Å². The van der Waals surface area contributed by atoms with E-state index in [9.17, 15) is 0 Å². The third-order valence-electron chi connectivity index (χ3n) is 8.33. The molecule has 0 radical (unpaired) electrons. The minimum absolute atomic E-state index is 0.895. The van der Waals surface area contributed by atoms with Gasteiger partial charge in [-0.2, -0.15) is 0 Å². The number of hydrogen-bond acceptors (Lipinski definition) is 0. The molecule has 0 atom stereocenters. The fourth-order valence-electron chi connectivity index (χ4n) is 5.79. The van der Waals surface area contributed by atoms with Crippen molar-refractivity contribution in [2.24, 2.45) is 11.8 Å². The summed E-state index contributed by atoms with van der Waals surface area (Å²) >= 11 is 0. The zero-order chi connectivity index (χ0) is 25.7. The van der Waals surface area contributed by atoms with Crippen molar-refractivity contribution in [3.8, 4) is 0 Å². The van der Waals surface area contributed by atoms with E-state index in [-0.39, 0.29) is 0 Å². The van der Waals surface area contributed by atoms with Gasteiger partial charge in [0.05, 0.1) is 0 Å². The molecule has 0 aromatic heterocycles. The smallest absolute Gasteiger partial charge is 0.0414 e. The summed E-state index contributed by atoms with van der Waals surface area (Å²) in [6.07, 6.45) is 42.9. The molecule has 0 spiro atoms. The van der Waals surface area contributed by atoms with Crippen LogP contribution in [0.4, 0.5) is 0 Å². The van der Waals surface area contributed by atoms with E-state index in [1.54, 1.807) is 0 Å². The van der Waals surface area contributed by atoms with Gasteiger partial charge >= 0.3 is 0 Å². The van der Waals surface area contributed by atoms with Crippen LogP contribution in [0.3, 0.4) is 0 Å². The Hall–Kier alpha value is 0. The maximum Gasteiger partial charge on any atom is -0.0414 e. The second kappa shape index (κ2) is 30.2. The lowest BCUT2D eigenvalue weighted by atomic mass is 9.89. The van der Waals surface area contributed by atoms with Crippen molar-refractivity contribution in [2.75, 3.05) is 0 Å². The third kappa shape index (κ3) is 30.1. The van der Waals surface area contributed by atoms with Gasteiger partial charge in [-0.3, -0.25) is 0 Å². The molecule has 35 heavy (non-hydrogen) atoms. The van der Waals surface area contributed by atoms with E-state index in [1.807, 2.05) is 0 Å². The van der Waals surface area contributed by atoms with Crippen LogP contribution in [-0.4, -0.2) is 0 Å². The van der Waals surface area contributed by atoms with Crippen LogP contribution >= 0.6 is 0 Å². The largest absolute Gasteiger partial charge is 0.0654 e. The molecule has 0 aliphatic carbocycles. The Kier molecular flexibility index (Phi) is 30.2. The van der Waals surface area contributed by atoms with Crippen LogP contribution in [-0.2, 0) is 0 Å². The highest BCUT2D eigenvalue weighted by Gasteiger charge is 2.09. The lowest BCUT2D eigenvalue weighted by Gasteiger charge is -2.17. The summed E-state index contributed by atoms with van der Waals surface area (Å²) in [6.45, 7) is 9.36. The number of unbranched alkanes of at least 4 members (excludes halogenated alkanes) is 22. The third-order valence-corrected chi connectivity index (χ3v) is 8.33. The molecule has 0 saturated carbocycles. The van der Waals surface area contributed by atoms with Crippen LogP contribution in [0.15, 0.2) is 0 Å². The Bertz CT molecular complexity index is 341. The maximum absolute atomic E-state index is 2.35.